The number of hydrogen-bond donors (Lipinski definition) is 4. The lowest BCUT2D eigenvalue weighted by Crippen LogP contribution is -2.79. The molecule has 7 heterocycles. The molecule has 0 unspecified atom stereocenters. The molecule has 0 bridgehead atoms. The molecule has 1 aromatic rings. The number of aliphatic hydroxyl groups excluding tert-OH is 3. The number of furan rings is 1. The number of aliphatic hydroxyl groups is 3. The summed E-state index contributed by atoms with van der Waals surface area (Å²) in [6.45, 7) is 7.60. The van der Waals surface area contributed by atoms with E-state index in [2.05, 4.69) is 29.4 Å². The van der Waals surface area contributed by atoms with E-state index in [0.717, 1.165) is 83.0 Å². The quantitative estimate of drug-likeness (QED) is 0.209. The summed E-state index contributed by atoms with van der Waals surface area (Å²) in [5.41, 5.74) is -5.34. The maximum Gasteiger partial charge on any atom is 0.339 e. The Morgan fingerprint density at radius 3 is 2.52 bits per heavy atom. The van der Waals surface area contributed by atoms with E-state index in [1.165, 1.54) is 0 Å². The second-order valence-electron chi connectivity index (χ2n) is 23.1. The van der Waals surface area contributed by atoms with Crippen LogP contribution in [0.2, 0.25) is 0 Å². The zero-order valence-corrected chi connectivity index (χ0v) is 37.3. The molecule has 1 aromatic heterocycles. The minimum absolute atomic E-state index is 0.0457. The van der Waals surface area contributed by atoms with E-state index in [1.807, 2.05) is 19.9 Å². The van der Waals surface area contributed by atoms with E-state index in [0.29, 0.717) is 55.7 Å². The maximum atomic E-state index is 15.6. The first kappa shape index (κ1) is 41.6. The van der Waals surface area contributed by atoms with Gasteiger partial charge in [0.25, 0.3) is 0 Å². The Labute approximate surface area is 370 Å². The number of Topliss-reactive ketones (excluding diaryl/α,β-unsaturated/α-hetero) is 1. The minimum Gasteiger partial charge on any atom is -0.469 e. The fourth-order valence-electron chi connectivity index (χ4n) is 18.2. The molecule has 0 radical (unpaired) electrons. The summed E-state index contributed by atoms with van der Waals surface area (Å²) in [6, 6.07) is 2.37. The Morgan fingerprint density at radius 2 is 1.75 bits per heavy atom. The number of carbonyl (C=O) groups excluding carboxylic acids is 3. The first-order valence-electron chi connectivity index (χ1n) is 24.8. The van der Waals surface area contributed by atoms with Crippen LogP contribution in [0.1, 0.15) is 128 Å². The van der Waals surface area contributed by atoms with Gasteiger partial charge in [0.2, 0.25) is 0 Å². The Morgan fingerprint density at radius 1 is 0.952 bits per heavy atom. The topological polar surface area (TPSA) is 181 Å². The lowest BCUT2D eigenvalue weighted by atomic mass is 9.32. The second-order valence-corrected chi connectivity index (χ2v) is 23.1. The molecule has 6 aliphatic heterocycles. The molecular formula is C50H68N2O11. The van der Waals surface area contributed by atoms with Gasteiger partial charge in [-0.05, 0) is 119 Å². The van der Waals surface area contributed by atoms with Gasteiger partial charge in [0.05, 0.1) is 48.7 Å². The van der Waals surface area contributed by atoms with Crippen LogP contribution < -0.4 is 5.32 Å². The number of cyclic esters (lactones) is 2. The molecule has 10 fully saturated rings. The highest BCUT2D eigenvalue weighted by molar-refractivity contribution is 5.93. The van der Waals surface area contributed by atoms with Gasteiger partial charge in [-0.2, -0.15) is 0 Å². The number of ketones is 1. The highest BCUT2D eigenvalue weighted by Crippen LogP contribution is 2.83. The molecule has 5 aliphatic carbocycles. The first-order chi connectivity index (χ1) is 30.3. The molecule has 3 spiro atoms. The third kappa shape index (κ3) is 5.13. The summed E-state index contributed by atoms with van der Waals surface area (Å²) in [6.07, 6.45) is 13.5. The lowest BCUT2D eigenvalue weighted by Gasteiger charge is -2.70. The highest BCUT2D eigenvalue weighted by atomic mass is 16.7. The molecule has 12 rings (SSSR count). The van der Waals surface area contributed by atoms with Crippen LogP contribution in [0.4, 0.5) is 0 Å². The molecule has 4 N–H and O–H groups in total. The van der Waals surface area contributed by atoms with Gasteiger partial charge in [-0.25, -0.2) is 4.79 Å². The van der Waals surface area contributed by atoms with Crippen molar-refractivity contribution < 1.29 is 53.1 Å². The Kier molecular flexibility index (Phi) is 9.32. The highest BCUT2D eigenvalue weighted by Gasteiger charge is 2.93. The zero-order chi connectivity index (χ0) is 43.5. The maximum absolute atomic E-state index is 15.6. The molecule has 13 nitrogen and oxygen atoms in total. The molecule has 16 atom stereocenters. The van der Waals surface area contributed by atoms with Crippen LogP contribution in [0, 0.1) is 63.1 Å². The third-order valence-corrected chi connectivity index (χ3v) is 20.5. The molecule has 13 heteroatoms. The number of epoxide rings is 1. The normalized spacial score (nSPS) is 47.6. The summed E-state index contributed by atoms with van der Waals surface area (Å²) < 4.78 is 33.6. The van der Waals surface area contributed by atoms with Crippen molar-refractivity contribution in [1.82, 2.24) is 10.2 Å². The number of nitrogens with zero attached hydrogens (tertiary/aromatic N) is 1. The van der Waals surface area contributed by atoms with Crippen molar-refractivity contribution in [3.05, 3.63) is 35.9 Å². The van der Waals surface area contributed by atoms with Crippen molar-refractivity contribution in [3.63, 3.8) is 0 Å². The van der Waals surface area contributed by atoms with Crippen molar-refractivity contribution in [2.24, 2.45) is 63.1 Å². The first-order valence-corrected chi connectivity index (χ1v) is 24.8. The van der Waals surface area contributed by atoms with Crippen LogP contribution in [0.3, 0.4) is 0 Å². The van der Waals surface area contributed by atoms with Crippen LogP contribution in [-0.2, 0) is 39.8 Å². The summed E-state index contributed by atoms with van der Waals surface area (Å²) in [5, 5.41) is 38.9. The van der Waals surface area contributed by atoms with Crippen molar-refractivity contribution in [2.45, 2.75) is 165 Å². The Bertz CT molecular complexity index is 2070. The number of hydrogen-bond acceptors (Lipinski definition) is 13. The second kappa shape index (κ2) is 14.1. The number of fused-ring (bicyclic) bond motifs is 5. The molecule has 344 valence electrons. The van der Waals surface area contributed by atoms with Gasteiger partial charge in [-0.1, -0.05) is 45.1 Å². The molecule has 63 heavy (non-hydrogen) atoms. The average Bonchev–Trinajstić information content (AvgIpc) is 3.73. The van der Waals surface area contributed by atoms with Gasteiger partial charge in [-0.15, -0.1) is 0 Å². The van der Waals surface area contributed by atoms with Crippen molar-refractivity contribution in [2.75, 3.05) is 26.4 Å². The van der Waals surface area contributed by atoms with Gasteiger partial charge >= 0.3 is 11.9 Å². The predicted octanol–water partition coefficient (Wildman–Crippen LogP) is 5.14. The molecule has 11 aliphatic rings. The van der Waals surface area contributed by atoms with E-state index in [4.69, 9.17) is 23.4 Å². The molecule has 5 saturated carbocycles. The number of ether oxygens (including phenoxy) is 4. The van der Waals surface area contributed by atoms with Gasteiger partial charge in [0, 0.05) is 40.8 Å². The third-order valence-electron chi connectivity index (χ3n) is 20.5. The van der Waals surface area contributed by atoms with E-state index < -0.39 is 75.3 Å². The summed E-state index contributed by atoms with van der Waals surface area (Å²) in [4.78, 5) is 46.9. The summed E-state index contributed by atoms with van der Waals surface area (Å²) in [5.74, 6) is -0.773. The molecular weight excluding hydrogens is 805 g/mol. The van der Waals surface area contributed by atoms with Crippen molar-refractivity contribution >= 4 is 17.7 Å². The number of carbonyl (C=O) groups is 3. The Hall–Kier alpha value is -2.81. The van der Waals surface area contributed by atoms with E-state index in [9.17, 15) is 24.9 Å². The summed E-state index contributed by atoms with van der Waals surface area (Å²) in [7, 11) is 0. The number of nitrogens with one attached hydrogen (secondary N) is 1. The fraction of sp³-hybridized carbons (Fsp3) is 0.820. The van der Waals surface area contributed by atoms with Crippen molar-refractivity contribution in [3.8, 4) is 0 Å². The van der Waals surface area contributed by atoms with Gasteiger partial charge in [0.15, 0.2) is 11.9 Å². The lowest BCUT2D eigenvalue weighted by molar-refractivity contribution is -0.284. The largest absolute Gasteiger partial charge is 0.469 e. The monoisotopic (exact) mass is 872 g/mol. The smallest absolute Gasteiger partial charge is 0.339 e. The van der Waals surface area contributed by atoms with Crippen molar-refractivity contribution in [1.29, 1.82) is 0 Å². The fourth-order valence-corrected chi connectivity index (χ4v) is 18.2. The van der Waals surface area contributed by atoms with Gasteiger partial charge in [-0.3, -0.25) is 14.9 Å². The van der Waals surface area contributed by atoms with Crippen LogP contribution >= 0.6 is 0 Å². The number of esters is 2. The SMILES string of the molecule is CC1(C)O[C@H]2C3(CCCC3)C(=O)OC[C@@]23[C@@H]1C(=O)[C@@H](O)[C@]1(C2CCCCC2)[C@@H]3CC[C@@]2(C)[C@H](c3ccoc3C[C@@H]([C@H]3CC[C@H]4[C@H](C=CN5CNC[C@H]45)C3)[C@H](O)CO)OC(=O)[C@H]3O[C@@]312. The standard InChI is InChI=1S/C50H68N2O11/c1-45(2)38-37(55)39(56)49(29-9-5-4-6-10-29)36(48(38)25-60-44(58)47(43(48)63-45)16-7-8-17-47)13-18-46(3)40(61-42(57)41-50(46,49)62-41)31-15-20-59-35(31)22-32(34(54)24-53)27-11-12-30-28(21-27)14-19-52-26-51-23-33(30)52/h14-15,19-20,27-30,32-34,36,38-41,43,51,53-54,56H,4-13,16-18,21-26H2,1-3H3/t27-,28+,30-,32-,33+,34+,36+,38+,39+,40-,41+,43-,46-,48+,49-,50+/m0/s1. The number of allylic oxidation sites excluding steroid dienone is 1. The average molecular weight is 873 g/mol. The molecule has 0 aromatic carbocycles. The van der Waals surface area contributed by atoms with Crippen LogP contribution in [0.25, 0.3) is 0 Å². The minimum atomic E-state index is -1.43. The number of rotatable bonds is 7. The Balaban J connectivity index is 0.950. The molecule has 5 saturated heterocycles. The van der Waals surface area contributed by atoms with Gasteiger partial charge < -0.3 is 43.6 Å². The molecule has 0 amide bonds. The van der Waals surface area contributed by atoms with Crippen LogP contribution in [-0.4, -0.2) is 106 Å². The predicted molar refractivity (Wildman–Crippen MR) is 225 cm³/mol. The van der Waals surface area contributed by atoms with Crippen LogP contribution in [0.5, 0.6) is 0 Å². The van der Waals surface area contributed by atoms with Gasteiger partial charge in [0.1, 0.15) is 30.2 Å². The van der Waals surface area contributed by atoms with E-state index >= 15 is 4.79 Å². The van der Waals surface area contributed by atoms with Crippen LogP contribution in [0.15, 0.2) is 29.0 Å². The van der Waals surface area contributed by atoms with E-state index in [-0.39, 0.29) is 48.6 Å². The zero-order valence-electron chi connectivity index (χ0n) is 37.3. The summed E-state index contributed by atoms with van der Waals surface area (Å²) >= 11 is 0. The van der Waals surface area contributed by atoms with E-state index in [1.54, 1.807) is 6.26 Å².